The van der Waals surface area contributed by atoms with Crippen molar-refractivity contribution in [2.45, 2.75) is 73.1 Å². The maximum atomic E-state index is 12.6. The van der Waals surface area contributed by atoms with Crippen LogP contribution in [0.4, 0.5) is 5.69 Å². The number of rotatable bonds is 12. The summed E-state index contributed by atoms with van der Waals surface area (Å²) in [5, 5.41) is 13.2. The Bertz CT molecular complexity index is 936. The van der Waals surface area contributed by atoms with Gasteiger partial charge in [0.2, 0.25) is 0 Å². The number of anilines is 1. The molecule has 176 valence electrons. The van der Waals surface area contributed by atoms with E-state index < -0.39 is 11.3 Å². The van der Waals surface area contributed by atoms with E-state index in [1.165, 1.54) is 31.7 Å². The van der Waals surface area contributed by atoms with Crippen molar-refractivity contribution in [3.05, 3.63) is 52.1 Å². The van der Waals surface area contributed by atoms with Gasteiger partial charge in [-0.05, 0) is 62.9 Å². The quantitative estimate of drug-likeness (QED) is 0.276. The Morgan fingerprint density at radius 1 is 0.938 bits per heavy atom. The fourth-order valence-corrected chi connectivity index (χ4v) is 4.47. The van der Waals surface area contributed by atoms with Crippen molar-refractivity contribution in [2.24, 2.45) is 0 Å². The van der Waals surface area contributed by atoms with Gasteiger partial charge in [-0.15, -0.1) is 0 Å². The molecule has 0 heterocycles. The highest BCUT2D eigenvalue weighted by Crippen LogP contribution is 2.28. The van der Waals surface area contributed by atoms with Crippen LogP contribution in [-0.4, -0.2) is 21.8 Å². The molecule has 0 bridgehead atoms. The monoisotopic (exact) mass is 460 g/mol. The molecule has 7 heteroatoms. The third-order valence-corrected chi connectivity index (χ3v) is 6.05. The second kappa shape index (κ2) is 12.5. The molecular formula is C25H36N2O4S. The van der Waals surface area contributed by atoms with Crippen LogP contribution in [0.1, 0.15) is 78.1 Å². The molecule has 3 N–H and O–H groups in total. The second-order valence-corrected chi connectivity index (χ2v) is 9.20. The molecule has 1 unspecified atom stereocenters. The van der Waals surface area contributed by atoms with Gasteiger partial charge in [-0.2, -0.15) is 4.21 Å². The summed E-state index contributed by atoms with van der Waals surface area (Å²) in [6, 6.07) is 7.07. The minimum absolute atomic E-state index is 0.0760. The fraction of sp³-hybridized carbons (Fsp3) is 0.480. The number of phenols is 1. The minimum atomic E-state index is -1.86. The average molecular weight is 461 g/mol. The molecule has 0 aromatic heterocycles. The molecule has 0 spiro atoms. The molecule has 1 amide bonds. The predicted octanol–water partition coefficient (Wildman–Crippen LogP) is 5.79. The van der Waals surface area contributed by atoms with Gasteiger partial charge in [0.25, 0.3) is 5.91 Å². The number of phenolic OH excluding ortho intramolecular Hbond substituents is 1. The molecule has 2 rings (SSSR count). The summed E-state index contributed by atoms with van der Waals surface area (Å²) in [5.41, 5.74) is 4.00. The number of aryl methyl sites for hydroxylation is 4. The maximum absolute atomic E-state index is 12.6. The Morgan fingerprint density at radius 2 is 1.56 bits per heavy atom. The molecule has 6 nitrogen and oxygen atoms in total. The van der Waals surface area contributed by atoms with Crippen LogP contribution in [0.15, 0.2) is 24.3 Å². The van der Waals surface area contributed by atoms with Crippen LogP contribution in [0, 0.1) is 27.7 Å². The van der Waals surface area contributed by atoms with Gasteiger partial charge in [0.15, 0.2) is 0 Å². The van der Waals surface area contributed by atoms with Crippen LogP contribution >= 0.6 is 0 Å². The molecule has 0 aliphatic rings. The molecule has 1 atom stereocenters. The first kappa shape index (κ1) is 25.7. The molecule has 0 aliphatic heterocycles. The summed E-state index contributed by atoms with van der Waals surface area (Å²) >= 11 is -1.86. The van der Waals surface area contributed by atoms with E-state index in [1.54, 1.807) is 13.0 Å². The van der Waals surface area contributed by atoms with E-state index >= 15 is 0 Å². The van der Waals surface area contributed by atoms with Gasteiger partial charge < -0.3 is 14.6 Å². The Morgan fingerprint density at radius 3 is 2.22 bits per heavy atom. The molecule has 2 aromatic rings. The van der Waals surface area contributed by atoms with Crippen molar-refractivity contribution in [3.8, 4) is 11.5 Å². The lowest BCUT2D eigenvalue weighted by Gasteiger charge is -2.14. The topological polar surface area (TPSA) is 87.7 Å². The average Bonchev–Trinajstić information content (AvgIpc) is 2.72. The summed E-state index contributed by atoms with van der Waals surface area (Å²) in [4.78, 5) is 12.6. The minimum Gasteiger partial charge on any atom is -0.507 e. The molecule has 0 saturated carbocycles. The van der Waals surface area contributed by atoms with Crippen molar-refractivity contribution in [1.29, 1.82) is 0 Å². The number of nitrogens with one attached hydrogen (secondary N) is 2. The first-order valence-corrected chi connectivity index (χ1v) is 12.4. The number of amides is 1. The van der Waals surface area contributed by atoms with Crippen LogP contribution < -0.4 is 14.2 Å². The highest BCUT2D eigenvalue weighted by molar-refractivity contribution is 7.82. The van der Waals surface area contributed by atoms with Crippen LogP contribution in [0.5, 0.6) is 11.5 Å². The van der Waals surface area contributed by atoms with Gasteiger partial charge >= 0.3 is 11.3 Å². The molecular weight excluding hydrogens is 424 g/mol. The summed E-state index contributed by atoms with van der Waals surface area (Å²) in [6.45, 7) is 10.2. The largest absolute Gasteiger partial charge is 0.507 e. The zero-order valence-corrected chi connectivity index (χ0v) is 20.7. The van der Waals surface area contributed by atoms with Crippen molar-refractivity contribution in [2.75, 3.05) is 11.3 Å². The van der Waals surface area contributed by atoms with Gasteiger partial charge in [0.1, 0.15) is 11.5 Å². The Hall–Kier alpha value is -2.54. The van der Waals surface area contributed by atoms with E-state index in [4.69, 9.17) is 4.18 Å². The van der Waals surface area contributed by atoms with Crippen molar-refractivity contribution >= 4 is 22.9 Å². The number of carbonyl (C=O) groups is 1. The van der Waals surface area contributed by atoms with Gasteiger partial charge in [-0.25, -0.2) is 0 Å². The smallest absolute Gasteiger partial charge is 0.316 e. The van der Waals surface area contributed by atoms with E-state index in [9.17, 15) is 14.1 Å². The SMILES string of the molecule is CCCCCCCCNC(=O)c1cc(NS(=O)Oc2c(C)cc(C)cc2C)cc(C)c1O. The molecule has 0 fully saturated rings. The standard InChI is InChI=1S/C25H36N2O4S/c1-6-7-8-9-10-11-12-26-25(29)22-16-21(15-18(3)23(22)28)27-32(30)31-24-19(4)13-17(2)14-20(24)5/h13-16,27-28H,6-12H2,1-5H3,(H,26,29). The van der Waals surface area contributed by atoms with Gasteiger partial charge in [0, 0.05) is 6.54 Å². The molecule has 0 saturated heterocycles. The Kier molecular flexibility index (Phi) is 10.0. The molecule has 2 aromatic carbocycles. The van der Waals surface area contributed by atoms with Crippen LogP contribution in [-0.2, 0) is 11.3 Å². The predicted molar refractivity (Wildman–Crippen MR) is 132 cm³/mol. The first-order valence-electron chi connectivity index (χ1n) is 11.3. The van der Waals surface area contributed by atoms with Crippen LogP contribution in [0.3, 0.4) is 0 Å². The van der Waals surface area contributed by atoms with Crippen molar-refractivity contribution in [3.63, 3.8) is 0 Å². The Balaban J connectivity index is 2.00. The lowest BCUT2D eigenvalue weighted by atomic mass is 10.1. The summed E-state index contributed by atoms with van der Waals surface area (Å²) in [7, 11) is 0. The number of benzene rings is 2. The summed E-state index contributed by atoms with van der Waals surface area (Å²) in [5.74, 6) is 0.140. The van der Waals surface area contributed by atoms with Gasteiger partial charge in [-0.1, -0.05) is 56.7 Å². The van der Waals surface area contributed by atoms with Crippen molar-refractivity contribution < 1.29 is 18.3 Å². The van der Waals surface area contributed by atoms with Crippen molar-refractivity contribution in [1.82, 2.24) is 5.32 Å². The lowest BCUT2D eigenvalue weighted by molar-refractivity contribution is 0.0950. The Labute approximate surface area is 194 Å². The van der Waals surface area contributed by atoms with E-state index in [0.29, 0.717) is 23.5 Å². The van der Waals surface area contributed by atoms with E-state index in [1.807, 2.05) is 32.9 Å². The molecule has 32 heavy (non-hydrogen) atoms. The number of hydrogen-bond acceptors (Lipinski definition) is 4. The summed E-state index contributed by atoms with van der Waals surface area (Å²) < 4.78 is 21.0. The van der Waals surface area contributed by atoms with E-state index in [-0.39, 0.29) is 17.2 Å². The lowest BCUT2D eigenvalue weighted by Crippen LogP contribution is -2.25. The fourth-order valence-electron chi connectivity index (χ4n) is 3.71. The first-order chi connectivity index (χ1) is 15.2. The zero-order chi connectivity index (χ0) is 23.7. The number of carbonyl (C=O) groups excluding carboxylic acids is 1. The summed E-state index contributed by atoms with van der Waals surface area (Å²) in [6.07, 6.45) is 6.81. The van der Waals surface area contributed by atoms with Crippen LogP contribution in [0.25, 0.3) is 0 Å². The van der Waals surface area contributed by atoms with Gasteiger partial charge in [0.05, 0.1) is 11.3 Å². The molecule has 0 radical (unpaired) electrons. The normalized spacial score (nSPS) is 11.8. The van der Waals surface area contributed by atoms with Crippen LogP contribution in [0.2, 0.25) is 0 Å². The number of hydrogen-bond donors (Lipinski definition) is 3. The second-order valence-electron chi connectivity index (χ2n) is 8.36. The third-order valence-electron chi connectivity index (χ3n) is 5.33. The zero-order valence-electron chi connectivity index (χ0n) is 19.8. The van der Waals surface area contributed by atoms with E-state index in [0.717, 1.165) is 29.5 Å². The highest BCUT2D eigenvalue weighted by atomic mass is 32.2. The van der Waals surface area contributed by atoms with E-state index in [2.05, 4.69) is 17.0 Å². The molecule has 0 aliphatic carbocycles. The number of unbranched alkanes of at least 4 members (excludes halogenated alkanes) is 5. The third kappa shape index (κ3) is 7.55. The highest BCUT2D eigenvalue weighted by Gasteiger charge is 2.16. The van der Waals surface area contributed by atoms with Gasteiger partial charge in [-0.3, -0.25) is 9.52 Å². The number of aromatic hydroxyl groups is 1. The maximum Gasteiger partial charge on any atom is 0.316 e.